The minimum Gasteiger partial charge on any atom is -0.449 e. The molecule has 1 N–H and O–H groups in total. The molecular formula is C18H17F2NO4. The average molecular weight is 349 g/mol. The molecule has 0 saturated carbocycles. The highest BCUT2D eigenvalue weighted by Crippen LogP contribution is 2.21. The van der Waals surface area contributed by atoms with Gasteiger partial charge in [-0.1, -0.05) is 29.8 Å². The molecule has 5 nitrogen and oxygen atoms in total. The highest BCUT2D eigenvalue weighted by Gasteiger charge is 2.22. The molecule has 0 heterocycles. The Morgan fingerprint density at radius 2 is 1.68 bits per heavy atom. The van der Waals surface area contributed by atoms with Crippen molar-refractivity contribution in [2.24, 2.45) is 0 Å². The number of hydrogen-bond acceptors (Lipinski definition) is 4. The molecule has 2 aromatic carbocycles. The van der Waals surface area contributed by atoms with Gasteiger partial charge in [0.15, 0.2) is 6.10 Å². The van der Waals surface area contributed by atoms with Crippen molar-refractivity contribution in [1.82, 2.24) is 0 Å². The molecule has 0 aliphatic carbocycles. The maximum absolute atomic E-state index is 12.4. The van der Waals surface area contributed by atoms with Crippen LogP contribution in [0.2, 0.25) is 0 Å². The fraction of sp³-hybridized carbons (Fsp3) is 0.222. The summed E-state index contributed by atoms with van der Waals surface area (Å²) in [5.74, 6) is -1.78. The molecule has 0 saturated heterocycles. The zero-order chi connectivity index (χ0) is 18.4. The van der Waals surface area contributed by atoms with Gasteiger partial charge in [0.25, 0.3) is 5.91 Å². The van der Waals surface area contributed by atoms with Crippen LogP contribution in [0, 0.1) is 6.92 Å². The number of hydrogen-bond donors (Lipinski definition) is 1. The van der Waals surface area contributed by atoms with E-state index in [0.717, 1.165) is 5.56 Å². The SMILES string of the molecule is Cc1ccc(NC(=O)[C@@H](C)OC(=O)c2ccccc2OC(F)F)cc1. The molecule has 0 radical (unpaired) electrons. The van der Waals surface area contributed by atoms with Crippen LogP contribution < -0.4 is 10.1 Å². The highest BCUT2D eigenvalue weighted by molar-refractivity contribution is 5.98. The molecule has 0 fully saturated rings. The maximum Gasteiger partial charge on any atom is 0.387 e. The number of benzene rings is 2. The Bertz CT molecular complexity index is 747. The molecule has 25 heavy (non-hydrogen) atoms. The third-order valence-corrected chi connectivity index (χ3v) is 3.30. The van der Waals surface area contributed by atoms with Crippen LogP contribution in [-0.2, 0) is 9.53 Å². The van der Waals surface area contributed by atoms with Crippen molar-refractivity contribution in [1.29, 1.82) is 0 Å². The third-order valence-electron chi connectivity index (χ3n) is 3.30. The van der Waals surface area contributed by atoms with Gasteiger partial charge in [0.1, 0.15) is 11.3 Å². The van der Waals surface area contributed by atoms with Crippen molar-refractivity contribution in [3.8, 4) is 5.75 Å². The number of alkyl halides is 2. The van der Waals surface area contributed by atoms with E-state index in [0.29, 0.717) is 5.69 Å². The largest absolute Gasteiger partial charge is 0.449 e. The zero-order valence-electron chi connectivity index (χ0n) is 13.7. The number of rotatable bonds is 6. The average Bonchev–Trinajstić information content (AvgIpc) is 2.56. The molecule has 0 spiro atoms. The summed E-state index contributed by atoms with van der Waals surface area (Å²) in [6.45, 7) is 0.226. The number of amides is 1. The minimum absolute atomic E-state index is 0.183. The summed E-state index contributed by atoms with van der Waals surface area (Å²) in [6.07, 6.45) is -1.12. The van der Waals surface area contributed by atoms with Crippen LogP contribution in [0.25, 0.3) is 0 Å². The van der Waals surface area contributed by atoms with E-state index in [9.17, 15) is 18.4 Å². The first-order valence-electron chi connectivity index (χ1n) is 7.49. The van der Waals surface area contributed by atoms with Crippen molar-refractivity contribution in [2.75, 3.05) is 5.32 Å². The van der Waals surface area contributed by atoms with Gasteiger partial charge in [-0.05, 0) is 38.1 Å². The Balaban J connectivity index is 2.02. The molecule has 0 aliphatic rings. The van der Waals surface area contributed by atoms with Crippen LogP contribution >= 0.6 is 0 Å². The van der Waals surface area contributed by atoms with E-state index in [1.54, 1.807) is 12.1 Å². The minimum atomic E-state index is -3.07. The van der Waals surface area contributed by atoms with Gasteiger partial charge in [-0.2, -0.15) is 8.78 Å². The first-order valence-corrected chi connectivity index (χ1v) is 7.49. The summed E-state index contributed by atoms with van der Waals surface area (Å²) in [5.41, 5.74) is 1.41. The van der Waals surface area contributed by atoms with Gasteiger partial charge < -0.3 is 14.8 Å². The normalized spacial score (nSPS) is 11.7. The molecule has 0 unspecified atom stereocenters. The molecule has 7 heteroatoms. The number of carbonyl (C=O) groups excluding carboxylic acids is 2. The summed E-state index contributed by atoms with van der Waals surface area (Å²) in [6, 6.07) is 12.5. The van der Waals surface area contributed by atoms with Crippen LogP contribution in [0.1, 0.15) is 22.8 Å². The fourth-order valence-corrected chi connectivity index (χ4v) is 1.99. The Morgan fingerprint density at radius 3 is 2.32 bits per heavy atom. The number of para-hydroxylation sites is 1. The maximum atomic E-state index is 12.4. The second kappa shape index (κ2) is 8.23. The number of carbonyl (C=O) groups is 2. The summed E-state index contributed by atoms with van der Waals surface area (Å²) < 4.78 is 34.1. The third kappa shape index (κ3) is 5.27. The van der Waals surface area contributed by atoms with E-state index < -0.39 is 24.6 Å². The predicted octanol–water partition coefficient (Wildman–Crippen LogP) is 3.78. The second-order valence-corrected chi connectivity index (χ2v) is 5.28. The van der Waals surface area contributed by atoms with Crippen molar-refractivity contribution in [3.05, 3.63) is 59.7 Å². The van der Waals surface area contributed by atoms with E-state index in [-0.39, 0.29) is 11.3 Å². The number of halogens is 2. The topological polar surface area (TPSA) is 64.6 Å². The number of nitrogens with one attached hydrogen (secondary N) is 1. The summed E-state index contributed by atoms with van der Waals surface area (Å²) >= 11 is 0. The van der Waals surface area contributed by atoms with Gasteiger partial charge in [-0.3, -0.25) is 4.79 Å². The van der Waals surface area contributed by atoms with Gasteiger partial charge in [-0.15, -0.1) is 0 Å². The molecular weight excluding hydrogens is 332 g/mol. The lowest BCUT2D eigenvalue weighted by Crippen LogP contribution is -2.30. The Hall–Kier alpha value is -2.96. The Labute approximate surface area is 143 Å². The van der Waals surface area contributed by atoms with E-state index in [4.69, 9.17) is 4.74 Å². The standard InChI is InChI=1S/C18H17F2NO4/c1-11-7-9-13(10-8-11)21-16(22)12(2)24-17(23)14-5-3-4-6-15(14)25-18(19)20/h3-10,12,18H,1-2H3,(H,21,22)/t12-/m1/s1. The molecule has 132 valence electrons. The Kier molecular flexibility index (Phi) is 6.05. The first-order chi connectivity index (χ1) is 11.9. The number of esters is 1. The van der Waals surface area contributed by atoms with Crippen LogP contribution in [0.15, 0.2) is 48.5 Å². The number of anilines is 1. The zero-order valence-corrected chi connectivity index (χ0v) is 13.7. The smallest absolute Gasteiger partial charge is 0.387 e. The van der Waals surface area contributed by atoms with Gasteiger partial charge in [0, 0.05) is 5.69 Å². The molecule has 0 aliphatic heterocycles. The highest BCUT2D eigenvalue weighted by atomic mass is 19.3. The monoisotopic (exact) mass is 349 g/mol. The van der Waals surface area contributed by atoms with Gasteiger partial charge in [0.2, 0.25) is 0 Å². The van der Waals surface area contributed by atoms with Crippen molar-refractivity contribution < 1.29 is 27.8 Å². The second-order valence-electron chi connectivity index (χ2n) is 5.28. The van der Waals surface area contributed by atoms with Crippen molar-refractivity contribution >= 4 is 17.6 Å². The summed E-state index contributed by atoms with van der Waals surface area (Å²) in [5, 5.41) is 2.61. The molecule has 1 atom stereocenters. The number of ether oxygens (including phenoxy) is 2. The lowest BCUT2D eigenvalue weighted by molar-refractivity contribution is -0.123. The summed E-state index contributed by atoms with van der Waals surface area (Å²) in [4.78, 5) is 24.2. The lowest BCUT2D eigenvalue weighted by atomic mass is 10.2. The van der Waals surface area contributed by atoms with Crippen LogP contribution in [0.5, 0.6) is 5.75 Å². The van der Waals surface area contributed by atoms with Crippen molar-refractivity contribution in [2.45, 2.75) is 26.6 Å². The van der Waals surface area contributed by atoms with Gasteiger partial charge in [0.05, 0.1) is 0 Å². The van der Waals surface area contributed by atoms with Crippen molar-refractivity contribution in [3.63, 3.8) is 0 Å². The van der Waals surface area contributed by atoms with Crippen LogP contribution in [0.4, 0.5) is 14.5 Å². The fourth-order valence-electron chi connectivity index (χ4n) is 1.99. The number of aryl methyl sites for hydroxylation is 1. The van der Waals surface area contributed by atoms with Gasteiger partial charge in [-0.25, -0.2) is 4.79 Å². The van der Waals surface area contributed by atoms with E-state index >= 15 is 0 Å². The predicted molar refractivity (Wildman–Crippen MR) is 87.8 cm³/mol. The molecule has 1 amide bonds. The van der Waals surface area contributed by atoms with Crippen LogP contribution in [0.3, 0.4) is 0 Å². The first kappa shape index (κ1) is 18.4. The van der Waals surface area contributed by atoms with Gasteiger partial charge >= 0.3 is 12.6 Å². The van der Waals surface area contributed by atoms with E-state index in [2.05, 4.69) is 10.1 Å². The lowest BCUT2D eigenvalue weighted by Gasteiger charge is -2.15. The molecule has 0 bridgehead atoms. The Morgan fingerprint density at radius 1 is 1.04 bits per heavy atom. The quantitative estimate of drug-likeness (QED) is 0.806. The molecule has 2 aromatic rings. The molecule has 2 rings (SSSR count). The van der Waals surface area contributed by atoms with E-state index in [1.165, 1.54) is 31.2 Å². The van der Waals surface area contributed by atoms with Crippen LogP contribution in [-0.4, -0.2) is 24.6 Å². The summed E-state index contributed by atoms with van der Waals surface area (Å²) in [7, 11) is 0. The van der Waals surface area contributed by atoms with E-state index in [1.807, 2.05) is 19.1 Å². The molecule has 0 aromatic heterocycles.